The number of hydrogen-bond acceptors (Lipinski definition) is 7. The summed E-state index contributed by atoms with van der Waals surface area (Å²) in [5.41, 5.74) is 8.74. The molecule has 1 aliphatic rings. The van der Waals surface area contributed by atoms with E-state index in [1.807, 2.05) is 0 Å². The molecule has 7 N–H and O–H groups in total. The number of nitrogens with zero attached hydrogens (tertiary/aromatic N) is 2. The average molecular weight is 335 g/mol. The number of rotatable bonds is 3. The van der Waals surface area contributed by atoms with Gasteiger partial charge in [0.05, 0.1) is 5.56 Å². The van der Waals surface area contributed by atoms with Crippen LogP contribution >= 0.6 is 11.3 Å². The fraction of sp³-hybridized carbons (Fsp3) is 0.385. The first-order valence-electron chi connectivity index (χ1n) is 7.25. The molecule has 1 amide bonds. The lowest BCUT2D eigenvalue weighted by molar-refractivity contribution is 0.0953. The van der Waals surface area contributed by atoms with Crippen LogP contribution in [0.5, 0.6) is 0 Å². The monoisotopic (exact) mass is 335 g/mol. The maximum Gasteiger partial charge on any atom is 0.293 e. The van der Waals surface area contributed by atoms with Crippen LogP contribution in [0.1, 0.15) is 40.1 Å². The van der Waals surface area contributed by atoms with Crippen LogP contribution in [-0.2, 0) is 12.8 Å². The maximum atomic E-state index is 12.1. The molecule has 0 aliphatic heterocycles. The number of nitrogen functional groups attached to an aromatic ring is 2. The molecule has 2 heterocycles. The van der Waals surface area contributed by atoms with Crippen LogP contribution in [-0.4, -0.2) is 16.1 Å². The van der Waals surface area contributed by atoms with Crippen molar-refractivity contribution in [1.29, 1.82) is 0 Å². The summed E-state index contributed by atoms with van der Waals surface area (Å²) >= 11 is 1.41. The lowest BCUT2D eigenvalue weighted by atomic mass is 10.1. The number of azo groups is 1. The number of carbonyl (C=O) groups excluding carboxylic acids is 1. The zero-order valence-electron chi connectivity index (χ0n) is 12.3. The van der Waals surface area contributed by atoms with E-state index in [0.717, 1.165) is 42.5 Å². The van der Waals surface area contributed by atoms with Gasteiger partial charge in [-0.05, 0) is 31.2 Å². The lowest BCUT2D eigenvalue weighted by Crippen LogP contribution is -2.30. The molecule has 0 saturated carbocycles. The molecule has 0 atom stereocenters. The third-order valence-electron chi connectivity index (χ3n) is 3.78. The highest BCUT2D eigenvalue weighted by molar-refractivity contribution is 7.16. The SMILES string of the molecule is NNC(=O)c1c(N=Nc2c(N)[nH][nH]c2=O)sc2c1CCCCC2. The van der Waals surface area contributed by atoms with Crippen molar-refractivity contribution < 1.29 is 4.79 Å². The maximum absolute atomic E-state index is 12.1. The van der Waals surface area contributed by atoms with Crippen molar-refractivity contribution in [3.05, 3.63) is 26.4 Å². The van der Waals surface area contributed by atoms with Gasteiger partial charge in [0, 0.05) is 4.88 Å². The number of aryl methyl sites for hydroxylation is 1. The van der Waals surface area contributed by atoms with Crippen molar-refractivity contribution in [1.82, 2.24) is 15.6 Å². The Morgan fingerprint density at radius 3 is 2.65 bits per heavy atom. The molecule has 0 radical (unpaired) electrons. The predicted octanol–water partition coefficient (Wildman–Crippen LogP) is 1.63. The number of nitrogens with one attached hydrogen (secondary N) is 3. The molecule has 23 heavy (non-hydrogen) atoms. The molecule has 0 fully saturated rings. The highest BCUT2D eigenvalue weighted by Gasteiger charge is 2.24. The van der Waals surface area contributed by atoms with Crippen LogP contribution in [0.2, 0.25) is 0 Å². The smallest absolute Gasteiger partial charge is 0.293 e. The van der Waals surface area contributed by atoms with Gasteiger partial charge in [0.25, 0.3) is 11.5 Å². The first-order chi connectivity index (χ1) is 11.1. The summed E-state index contributed by atoms with van der Waals surface area (Å²) in [6.07, 6.45) is 4.97. The summed E-state index contributed by atoms with van der Waals surface area (Å²) in [5.74, 6) is 5.00. The number of carbonyl (C=O) groups is 1. The predicted molar refractivity (Wildman–Crippen MR) is 87.2 cm³/mol. The van der Waals surface area contributed by atoms with Crippen molar-refractivity contribution in [2.45, 2.75) is 32.1 Å². The second-order valence-electron chi connectivity index (χ2n) is 5.26. The lowest BCUT2D eigenvalue weighted by Gasteiger charge is -2.03. The molecular weight excluding hydrogens is 318 g/mol. The zero-order chi connectivity index (χ0) is 16.4. The fourth-order valence-corrected chi connectivity index (χ4v) is 3.87. The van der Waals surface area contributed by atoms with Crippen molar-refractivity contribution in [2.24, 2.45) is 16.1 Å². The zero-order valence-corrected chi connectivity index (χ0v) is 13.1. The Balaban J connectivity index is 2.05. The van der Waals surface area contributed by atoms with Gasteiger partial charge in [0.15, 0.2) is 10.7 Å². The molecule has 1 aliphatic carbocycles. The third kappa shape index (κ3) is 2.90. The first-order valence-corrected chi connectivity index (χ1v) is 8.06. The van der Waals surface area contributed by atoms with E-state index >= 15 is 0 Å². The van der Waals surface area contributed by atoms with E-state index in [1.54, 1.807) is 0 Å². The number of H-pyrrole nitrogens is 2. The second kappa shape index (κ2) is 6.34. The number of amides is 1. The van der Waals surface area contributed by atoms with Gasteiger partial charge in [-0.15, -0.1) is 21.6 Å². The van der Waals surface area contributed by atoms with Gasteiger partial charge >= 0.3 is 0 Å². The van der Waals surface area contributed by atoms with Gasteiger partial charge in [-0.1, -0.05) is 6.42 Å². The number of aromatic nitrogens is 2. The number of hydrazine groups is 1. The van der Waals surface area contributed by atoms with Crippen LogP contribution in [0, 0.1) is 0 Å². The summed E-state index contributed by atoms with van der Waals surface area (Å²) in [7, 11) is 0. The van der Waals surface area contributed by atoms with E-state index in [0.29, 0.717) is 10.6 Å². The van der Waals surface area contributed by atoms with Crippen molar-refractivity contribution >= 4 is 33.8 Å². The van der Waals surface area contributed by atoms with Crippen molar-refractivity contribution in [2.75, 3.05) is 5.73 Å². The number of nitrogens with two attached hydrogens (primary N) is 2. The molecule has 9 nitrogen and oxygen atoms in total. The normalized spacial score (nSPS) is 14.7. The quantitative estimate of drug-likeness (QED) is 0.190. The minimum absolute atomic E-state index is 0.00676. The minimum Gasteiger partial charge on any atom is -0.382 e. The Bertz CT molecular complexity index is 817. The summed E-state index contributed by atoms with van der Waals surface area (Å²) in [4.78, 5) is 24.8. The Morgan fingerprint density at radius 1 is 1.17 bits per heavy atom. The number of anilines is 1. The Hall–Kier alpha value is -2.46. The Morgan fingerprint density at radius 2 is 1.96 bits per heavy atom. The Labute approximate surface area is 135 Å². The first kappa shape index (κ1) is 15.4. The van der Waals surface area contributed by atoms with Gasteiger partial charge in [0.2, 0.25) is 0 Å². The minimum atomic E-state index is -0.464. The van der Waals surface area contributed by atoms with Crippen LogP contribution in [0.4, 0.5) is 16.5 Å². The van der Waals surface area contributed by atoms with E-state index in [4.69, 9.17) is 11.6 Å². The van der Waals surface area contributed by atoms with E-state index in [-0.39, 0.29) is 11.5 Å². The van der Waals surface area contributed by atoms with Crippen molar-refractivity contribution in [3.8, 4) is 0 Å². The topological polar surface area (TPSA) is 155 Å². The standard InChI is InChI=1S/C13H17N7O2S/c14-10-9(12(22)19-18-10)17-20-13-8(11(21)16-15)6-4-2-1-3-5-7(6)23-13/h1-5,15H2,(H,16,21)(H4,14,18,19,22). The largest absolute Gasteiger partial charge is 0.382 e. The molecular formula is C13H17N7O2S. The number of hydrogen-bond donors (Lipinski definition) is 5. The van der Waals surface area contributed by atoms with Gasteiger partial charge in [0.1, 0.15) is 5.82 Å². The molecule has 0 saturated heterocycles. The molecule has 2 aromatic heterocycles. The van der Waals surface area contributed by atoms with Crippen LogP contribution in [0.3, 0.4) is 0 Å². The number of thiophene rings is 1. The van der Waals surface area contributed by atoms with E-state index in [9.17, 15) is 9.59 Å². The third-order valence-corrected chi connectivity index (χ3v) is 4.96. The van der Waals surface area contributed by atoms with E-state index in [2.05, 4.69) is 25.9 Å². The van der Waals surface area contributed by atoms with Gasteiger partial charge in [-0.25, -0.2) is 5.84 Å². The highest BCUT2D eigenvalue weighted by Crippen LogP contribution is 2.39. The summed E-state index contributed by atoms with van der Waals surface area (Å²) in [6, 6.07) is 0. The molecule has 2 aromatic rings. The second-order valence-corrected chi connectivity index (χ2v) is 6.34. The molecule has 0 bridgehead atoms. The number of fused-ring (bicyclic) bond motifs is 1. The van der Waals surface area contributed by atoms with E-state index < -0.39 is 11.5 Å². The highest BCUT2D eigenvalue weighted by atomic mass is 32.1. The van der Waals surface area contributed by atoms with E-state index in [1.165, 1.54) is 11.3 Å². The average Bonchev–Trinajstić information content (AvgIpc) is 2.95. The Kier molecular flexibility index (Phi) is 4.26. The number of aromatic amines is 2. The molecule has 3 rings (SSSR count). The molecule has 122 valence electrons. The van der Waals surface area contributed by atoms with Crippen LogP contribution in [0.25, 0.3) is 0 Å². The summed E-state index contributed by atoms with van der Waals surface area (Å²) in [6.45, 7) is 0. The molecule has 10 heteroatoms. The van der Waals surface area contributed by atoms with Gasteiger partial charge < -0.3 is 5.73 Å². The molecule has 0 aromatic carbocycles. The fourth-order valence-electron chi connectivity index (χ4n) is 2.66. The van der Waals surface area contributed by atoms with Crippen LogP contribution in [0.15, 0.2) is 15.0 Å². The van der Waals surface area contributed by atoms with Gasteiger partial charge in [-0.2, -0.15) is 0 Å². The summed E-state index contributed by atoms with van der Waals surface area (Å²) < 4.78 is 0. The van der Waals surface area contributed by atoms with Crippen molar-refractivity contribution in [3.63, 3.8) is 0 Å². The molecule has 0 unspecified atom stereocenters. The van der Waals surface area contributed by atoms with Crippen LogP contribution < -0.4 is 22.6 Å². The van der Waals surface area contributed by atoms with Gasteiger partial charge in [-0.3, -0.25) is 25.2 Å². The molecule has 0 spiro atoms. The summed E-state index contributed by atoms with van der Waals surface area (Å²) in [5, 5.41) is 13.2.